The Kier molecular flexibility index (Phi) is 4.79. The number of nitrogens with zero attached hydrogens (tertiary/aromatic N) is 1. The van der Waals surface area contributed by atoms with Crippen LogP contribution in [0.15, 0.2) is 30.3 Å². The van der Waals surface area contributed by atoms with Gasteiger partial charge in [-0.1, -0.05) is 19.9 Å². The normalized spacial score (nSPS) is 20.5. The number of nitrogens with one attached hydrogen (secondary N) is 2. The Morgan fingerprint density at radius 2 is 1.85 bits per heavy atom. The highest BCUT2D eigenvalue weighted by atomic mass is 16.3. The fourth-order valence-corrected chi connectivity index (χ4v) is 4.50. The van der Waals surface area contributed by atoms with E-state index in [0.717, 1.165) is 29.9 Å². The van der Waals surface area contributed by atoms with E-state index >= 15 is 0 Å². The van der Waals surface area contributed by atoms with Gasteiger partial charge in [-0.05, 0) is 68.1 Å². The first-order valence-corrected chi connectivity index (χ1v) is 9.94. The van der Waals surface area contributed by atoms with Gasteiger partial charge in [-0.25, -0.2) is 0 Å². The first-order chi connectivity index (χ1) is 12.9. The quantitative estimate of drug-likeness (QED) is 0.646. The van der Waals surface area contributed by atoms with Crippen LogP contribution in [0.25, 0.3) is 22.2 Å². The molecule has 0 aliphatic carbocycles. The summed E-state index contributed by atoms with van der Waals surface area (Å²) < 4.78 is 0. The Balaban J connectivity index is 1.87. The Morgan fingerprint density at radius 1 is 1.11 bits per heavy atom. The van der Waals surface area contributed by atoms with Crippen molar-refractivity contribution in [3.8, 4) is 11.3 Å². The number of pyridine rings is 1. The lowest BCUT2D eigenvalue weighted by Gasteiger charge is -2.28. The van der Waals surface area contributed by atoms with Gasteiger partial charge in [-0.3, -0.25) is 4.98 Å². The molecular weight excluding hydrogens is 334 g/mol. The molecule has 1 aliphatic heterocycles. The number of aliphatic hydroxyl groups is 1. The summed E-state index contributed by atoms with van der Waals surface area (Å²) in [7, 11) is 0. The van der Waals surface area contributed by atoms with Crippen LogP contribution in [0, 0.1) is 13.8 Å². The number of aryl methyl sites for hydroxylation is 2. The molecule has 0 saturated carbocycles. The lowest BCUT2D eigenvalue weighted by atomic mass is 9.86. The van der Waals surface area contributed by atoms with Gasteiger partial charge in [0, 0.05) is 40.3 Å². The highest BCUT2D eigenvalue weighted by Gasteiger charge is 2.25. The van der Waals surface area contributed by atoms with E-state index in [0.29, 0.717) is 12.5 Å². The van der Waals surface area contributed by atoms with E-state index in [1.807, 2.05) is 13.8 Å². The molecular formula is C23H29N3O. The number of hydrogen-bond donors (Lipinski definition) is 3. The van der Waals surface area contributed by atoms with E-state index in [2.05, 4.69) is 59.5 Å². The predicted molar refractivity (Wildman–Crippen MR) is 111 cm³/mol. The zero-order chi connectivity index (χ0) is 19.1. The van der Waals surface area contributed by atoms with Crippen LogP contribution in [0.5, 0.6) is 0 Å². The summed E-state index contributed by atoms with van der Waals surface area (Å²) in [5, 5.41) is 15.0. The van der Waals surface area contributed by atoms with Crippen LogP contribution in [0.3, 0.4) is 0 Å². The zero-order valence-electron chi connectivity index (χ0n) is 16.6. The number of aliphatic hydroxyl groups excluding tert-OH is 1. The van der Waals surface area contributed by atoms with E-state index in [1.54, 1.807) is 0 Å². The third-order valence-corrected chi connectivity index (χ3v) is 5.69. The number of piperidine rings is 1. The van der Waals surface area contributed by atoms with Crippen LogP contribution < -0.4 is 5.32 Å². The smallest absolute Gasteiger partial charge is 0.0733 e. The monoisotopic (exact) mass is 363 g/mol. The van der Waals surface area contributed by atoms with Crippen LogP contribution in [0.4, 0.5) is 0 Å². The summed E-state index contributed by atoms with van der Waals surface area (Å²) in [5.74, 6) is 0.607. The largest absolute Gasteiger partial charge is 0.391 e. The Labute approximate surface area is 161 Å². The number of β-amino-alcohol motifs (C(OH)–C–C–N with tert-alkyl or cyclic N) is 1. The van der Waals surface area contributed by atoms with Crippen molar-refractivity contribution in [2.75, 3.05) is 13.1 Å². The van der Waals surface area contributed by atoms with Crippen LogP contribution in [0.1, 0.15) is 54.6 Å². The molecule has 27 heavy (non-hydrogen) atoms. The highest BCUT2D eigenvalue weighted by molar-refractivity contribution is 5.92. The van der Waals surface area contributed by atoms with Gasteiger partial charge in [-0.2, -0.15) is 0 Å². The standard InChI is InChI=1S/C23H29N3O/c1-13(2)22-19-11-16(18-7-8-24-12-21(18)27)5-6-20(19)26-23(22)17-9-14(3)25-15(4)10-17/h5-6,9-11,13,18,21,24,26-27H,7-8,12H2,1-4H3/t18-,21-/m0/s1. The van der Waals surface area contributed by atoms with Crippen LogP contribution in [-0.2, 0) is 0 Å². The lowest BCUT2D eigenvalue weighted by molar-refractivity contribution is 0.118. The molecule has 3 aromatic rings. The Hall–Kier alpha value is -2.17. The summed E-state index contributed by atoms with van der Waals surface area (Å²) in [6.45, 7) is 10.2. The van der Waals surface area contributed by atoms with Crippen LogP contribution in [0.2, 0.25) is 0 Å². The third kappa shape index (κ3) is 3.40. The first kappa shape index (κ1) is 18.2. The third-order valence-electron chi connectivity index (χ3n) is 5.69. The number of fused-ring (bicyclic) bond motifs is 1. The maximum atomic E-state index is 10.4. The van der Waals surface area contributed by atoms with Gasteiger partial charge < -0.3 is 15.4 Å². The molecule has 0 radical (unpaired) electrons. The molecule has 142 valence electrons. The van der Waals surface area contributed by atoms with Gasteiger partial charge in [0.05, 0.1) is 11.8 Å². The van der Waals surface area contributed by atoms with Crippen molar-refractivity contribution in [1.82, 2.24) is 15.3 Å². The Morgan fingerprint density at radius 3 is 2.52 bits per heavy atom. The van der Waals surface area contributed by atoms with Crippen molar-refractivity contribution in [3.05, 3.63) is 52.8 Å². The number of hydrogen-bond acceptors (Lipinski definition) is 3. The molecule has 2 aromatic heterocycles. The SMILES string of the molecule is Cc1cc(-c2[nH]c3ccc([C@@H]4CCNC[C@@H]4O)cc3c2C(C)C)cc(C)n1. The maximum absolute atomic E-state index is 10.4. The summed E-state index contributed by atoms with van der Waals surface area (Å²) >= 11 is 0. The second kappa shape index (κ2) is 7.10. The summed E-state index contributed by atoms with van der Waals surface area (Å²) in [5.41, 5.74) is 8.22. The van der Waals surface area contributed by atoms with Gasteiger partial charge in [0.25, 0.3) is 0 Å². The van der Waals surface area contributed by atoms with Crippen molar-refractivity contribution in [2.45, 2.75) is 52.1 Å². The van der Waals surface area contributed by atoms with E-state index in [-0.39, 0.29) is 12.0 Å². The average Bonchev–Trinajstić information content (AvgIpc) is 3.00. The predicted octanol–water partition coefficient (Wildman–Crippen LogP) is 4.41. The first-order valence-electron chi connectivity index (χ1n) is 9.94. The number of aromatic amines is 1. The summed E-state index contributed by atoms with van der Waals surface area (Å²) in [6, 6.07) is 11.0. The fraction of sp³-hybridized carbons (Fsp3) is 0.435. The van der Waals surface area contributed by atoms with Crippen molar-refractivity contribution in [2.24, 2.45) is 0 Å². The topological polar surface area (TPSA) is 60.9 Å². The molecule has 1 saturated heterocycles. The van der Waals surface area contributed by atoms with Gasteiger partial charge in [-0.15, -0.1) is 0 Å². The second-order valence-corrected chi connectivity index (χ2v) is 8.18. The number of aromatic nitrogens is 2. The molecule has 4 nitrogen and oxygen atoms in total. The molecule has 0 amide bonds. The minimum absolute atomic E-state index is 0.208. The molecule has 0 unspecified atom stereocenters. The lowest BCUT2D eigenvalue weighted by Crippen LogP contribution is -2.39. The minimum atomic E-state index is -0.317. The Bertz CT molecular complexity index is 953. The van der Waals surface area contributed by atoms with Gasteiger partial charge in [0.1, 0.15) is 0 Å². The number of rotatable bonds is 3. The zero-order valence-corrected chi connectivity index (χ0v) is 16.6. The molecule has 2 atom stereocenters. The number of benzene rings is 1. The maximum Gasteiger partial charge on any atom is 0.0733 e. The molecule has 0 spiro atoms. The van der Waals surface area contributed by atoms with Crippen LogP contribution >= 0.6 is 0 Å². The average molecular weight is 364 g/mol. The molecule has 3 heterocycles. The number of H-pyrrole nitrogens is 1. The van der Waals surface area contributed by atoms with E-state index in [4.69, 9.17) is 0 Å². The van der Waals surface area contributed by atoms with E-state index in [1.165, 1.54) is 27.8 Å². The second-order valence-electron chi connectivity index (χ2n) is 8.18. The molecule has 1 aliphatic rings. The molecule has 1 aromatic carbocycles. The summed E-state index contributed by atoms with van der Waals surface area (Å²) in [4.78, 5) is 8.18. The molecule has 3 N–H and O–H groups in total. The van der Waals surface area contributed by atoms with Crippen LogP contribution in [-0.4, -0.2) is 34.3 Å². The van der Waals surface area contributed by atoms with Crippen molar-refractivity contribution in [3.63, 3.8) is 0 Å². The van der Waals surface area contributed by atoms with Gasteiger partial charge >= 0.3 is 0 Å². The van der Waals surface area contributed by atoms with Crippen molar-refractivity contribution in [1.29, 1.82) is 0 Å². The highest BCUT2D eigenvalue weighted by Crippen LogP contribution is 2.38. The van der Waals surface area contributed by atoms with Crippen molar-refractivity contribution >= 4 is 10.9 Å². The van der Waals surface area contributed by atoms with E-state index < -0.39 is 0 Å². The molecule has 4 heteroatoms. The van der Waals surface area contributed by atoms with Gasteiger partial charge in [0.2, 0.25) is 0 Å². The molecule has 0 bridgehead atoms. The molecule has 1 fully saturated rings. The van der Waals surface area contributed by atoms with Gasteiger partial charge in [0.15, 0.2) is 0 Å². The van der Waals surface area contributed by atoms with E-state index in [9.17, 15) is 5.11 Å². The minimum Gasteiger partial charge on any atom is -0.391 e. The fourth-order valence-electron chi connectivity index (χ4n) is 4.50. The summed E-state index contributed by atoms with van der Waals surface area (Å²) in [6.07, 6.45) is 0.659. The van der Waals surface area contributed by atoms with Crippen molar-refractivity contribution < 1.29 is 5.11 Å². The molecule has 4 rings (SSSR count).